The van der Waals surface area contributed by atoms with E-state index in [1.807, 2.05) is 6.07 Å². The number of carbonyl (C=O) groups excluding carboxylic acids is 1. The number of methoxy groups -OCH3 is 1. The zero-order chi connectivity index (χ0) is 21.7. The largest absolute Gasteiger partial charge is 0.495 e. The molecule has 0 aliphatic carbocycles. The van der Waals surface area contributed by atoms with E-state index in [-0.39, 0.29) is 22.0 Å². The minimum atomic E-state index is -0.631. The summed E-state index contributed by atoms with van der Waals surface area (Å²) in [6.45, 7) is 0. The van der Waals surface area contributed by atoms with E-state index in [1.165, 1.54) is 31.4 Å². The van der Waals surface area contributed by atoms with Crippen molar-refractivity contribution < 1.29 is 18.9 Å². The minimum absolute atomic E-state index is 0.142. The molecule has 0 fully saturated rings. The fourth-order valence-electron chi connectivity index (χ4n) is 2.62. The number of nitro groups is 1. The third-order valence-electron chi connectivity index (χ3n) is 4.06. The highest BCUT2D eigenvalue weighted by molar-refractivity contribution is 6.33. The van der Waals surface area contributed by atoms with Crippen LogP contribution >= 0.6 is 11.6 Å². The van der Waals surface area contributed by atoms with Crippen LogP contribution in [0.1, 0.15) is 5.76 Å². The maximum Gasteiger partial charge on any atom is 0.270 e. The highest BCUT2D eigenvalue weighted by atomic mass is 35.5. The van der Waals surface area contributed by atoms with Crippen LogP contribution in [0.15, 0.2) is 64.6 Å². The van der Waals surface area contributed by atoms with Crippen molar-refractivity contribution in [1.82, 2.24) is 0 Å². The minimum Gasteiger partial charge on any atom is -0.495 e. The van der Waals surface area contributed by atoms with Gasteiger partial charge in [0.1, 0.15) is 28.9 Å². The lowest BCUT2D eigenvalue weighted by Crippen LogP contribution is -2.14. The van der Waals surface area contributed by atoms with Gasteiger partial charge in [0.15, 0.2) is 0 Å². The number of nitriles is 1. The van der Waals surface area contributed by atoms with Crippen LogP contribution < -0.4 is 10.1 Å². The van der Waals surface area contributed by atoms with Crippen LogP contribution in [0.3, 0.4) is 0 Å². The average Bonchev–Trinajstić information content (AvgIpc) is 3.20. The van der Waals surface area contributed by atoms with Crippen LogP contribution in [0.4, 0.5) is 11.4 Å². The monoisotopic (exact) mass is 423 g/mol. The van der Waals surface area contributed by atoms with Gasteiger partial charge in [0, 0.05) is 23.8 Å². The third kappa shape index (κ3) is 4.48. The normalized spacial score (nSPS) is 10.9. The third-order valence-corrected chi connectivity index (χ3v) is 4.38. The van der Waals surface area contributed by atoms with Gasteiger partial charge in [-0.1, -0.05) is 23.7 Å². The number of anilines is 1. The molecule has 0 saturated carbocycles. The average molecular weight is 424 g/mol. The first-order chi connectivity index (χ1) is 14.4. The van der Waals surface area contributed by atoms with Crippen molar-refractivity contribution in [3.05, 3.63) is 81.1 Å². The Morgan fingerprint density at radius 1 is 1.27 bits per heavy atom. The Morgan fingerprint density at radius 2 is 2.03 bits per heavy atom. The molecule has 0 aliphatic rings. The molecule has 1 aromatic heterocycles. The van der Waals surface area contributed by atoms with Gasteiger partial charge in [0.2, 0.25) is 0 Å². The van der Waals surface area contributed by atoms with Crippen LogP contribution in [0.2, 0.25) is 5.02 Å². The lowest BCUT2D eigenvalue weighted by atomic mass is 10.1. The number of hydrogen-bond donors (Lipinski definition) is 1. The van der Waals surface area contributed by atoms with Gasteiger partial charge in [-0.25, -0.2) is 0 Å². The number of benzene rings is 2. The summed E-state index contributed by atoms with van der Waals surface area (Å²) in [5.74, 6) is 0.402. The number of halogens is 1. The molecule has 1 heterocycles. The Kier molecular flexibility index (Phi) is 6.15. The second kappa shape index (κ2) is 8.94. The molecule has 30 heavy (non-hydrogen) atoms. The molecule has 0 bridgehead atoms. The quantitative estimate of drug-likeness (QED) is 0.256. The molecule has 1 N–H and O–H groups in total. The van der Waals surface area contributed by atoms with E-state index >= 15 is 0 Å². The Morgan fingerprint density at radius 3 is 2.70 bits per heavy atom. The molecule has 0 spiro atoms. The molecule has 3 aromatic rings. The van der Waals surface area contributed by atoms with E-state index in [9.17, 15) is 20.2 Å². The predicted octanol–water partition coefficient (Wildman–Crippen LogP) is 5.06. The summed E-state index contributed by atoms with van der Waals surface area (Å²) in [6, 6.07) is 15.8. The number of nitrogens with zero attached hydrogens (tertiary/aromatic N) is 2. The molecule has 1 amide bonds. The van der Waals surface area contributed by atoms with Crippen LogP contribution in [0, 0.1) is 21.4 Å². The summed E-state index contributed by atoms with van der Waals surface area (Å²) in [4.78, 5) is 22.7. The van der Waals surface area contributed by atoms with Crippen LogP contribution in [-0.4, -0.2) is 17.9 Å². The Labute approximate surface area is 176 Å². The number of hydrogen-bond acceptors (Lipinski definition) is 6. The van der Waals surface area contributed by atoms with Crippen molar-refractivity contribution in [3.8, 4) is 23.1 Å². The van der Waals surface area contributed by atoms with Crippen molar-refractivity contribution in [2.24, 2.45) is 0 Å². The van der Waals surface area contributed by atoms with Crippen LogP contribution in [0.25, 0.3) is 17.4 Å². The highest BCUT2D eigenvalue weighted by Crippen LogP contribution is 2.32. The van der Waals surface area contributed by atoms with E-state index < -0.39 is 10.8 Å². The molecule has 8 nitrogen and oxygen atoms in total. The van der Waals surface area contributed by atoms with Crippen molar-refractivity contribution in [3.63, 3.8) is 0 Å². The number of rotatable bonds is 6. The summed E-state index contributed by atoms with van der Waals surface area (Å²) in [6.07, 6.45) is 1.29. The van der Waals surface area contributed by atoms with Gasteiger partial charge in [-0.2, -0.15) is 5.26 Å². The number of nitrogens with one attached hydrogen (secondary N) is 1. The number of ether oxygens (including phenoxy) is 1. The number of nitro benzene ring substituents is 1. The number of non-ortho nitro benzene ring substituents is 1. The second-order valence-electron chi connectivity index (χ2n) is 5.95. The van der Waals surface area contributed by atoms with Crippen LogP contribution in [-0.2, 0) is 4.79 Å². The zero-order valence-electron chi connectivity index (χ0n) is 15.6. The molecular formula is C21H14ClN3O5. The number of carbonyl (C=O) groups is 1. The van der Waals surface area contributed by atoms with Gasteiger partial charge in [0.05, 0.1) is 22.7 Å². The van der Waals surface area contributed by atoms with Gasteiger partial charge < -0.3 is 14.5 Å². The molecule has 150 valence electrons. The van der Waals surface area contributed by atoms with E-state index in [1.54, 1.807) is 36.4 Å². The molecule has 0 saturated heterocycles. The molecule has 9 heteroatoms. The first-order valence-electron chi connectivity index (χ1n) is 8.53. The highest BCUT2D eigenvalue weighted by Gasteiger charge is 2.15. The molecule has 0 radical (unpaired) electrons. The van der Waals surface area contributed by atoms with Gasteiger partial charge in [-0.3, -0.25) is 14.9 Å². The summed E-state index contributed by atoms with van der Waals surface area (Å²) in [7, 11) is 1.47. The van der Waals surface area contributed by atoms with Crippen LogP contribution in [0.5, 0.6) is 5.75 Å². The molecule has 2 aromatic carbocycles. The smallest absolute Gasteiger partial charge is 0.270 e. The van der Waals surface area contributed by atoms with E-state index in [0.717, 1.165) is 0 Å². The molecule has 0 unspecified atom stereocenters. The Hall–Kier alpha value is -4.09. The van der Waals surface area contributed by atoms with Crippen molar-refractivity contribution in [2.45, 2.75) is 0 Å². The maximum atomic E-state index is 12.5. The first-order valence-corrected chi connectivity index (χ1v) is 8.91. The van der Waals surface area contributed by atoms with E-state index in [2.05, 4.69) is 5.32 Å². The van der Waals surface area contributed by atoms with Gasteiger partial charge in [0.25, 0.3) is 11.6 Å². The standard InChI is InChI=1S/C21H14ClN3O5/c1-29-20-5-3-2-4-18(20)24-21(26)13(12-23)10-15-7-9-19(30-15)16-8-6-14(25(27)28)11-17(16)22/h2-11H,1H3,(H,24,26)/b13-10+. The lowest BCUT2D eigenvalue weighted by Gasteiger charge is -2.08. The zero-order valence-corrected chi connectivity index (χ0v) is 16.3. The summed E-state index contributed by atoms with van der Waals surface area (Å²) in [5.41, 5.74) is 0.537. The van der Waals surface area contributed by atoms with Gasteiger partial charge >= 0.3 is 0 Å². The van der Waals surface area contributed by atoms with E-state index in [4.69, 9.17) is 20.8 Å². The lowest BCUT2D eigenvalue weighted by molar-refractivity contribution is -0.384. The number of furan rings is 1. The molecule has 0 atom stereocenters. The SMILES string of the molecule is COc1ccccc1NC(=O)/C(C#N)=C/c1ccc(-c2ccc([N+](=O)[O-])cc2Cl)o1. The summed E-state index contributed by atoms with van der Waals surface area (Å²) < 4.78 is 10.8. The fraction of sp³-hybridized carbons (Fsp3) is 0.0476. The Balaban J connectivity index is 1.84. The van der Waals surface area contributed by atoms with Crippen molar-refractivity contribution >= 4 is 35.0 Å². The van der Waals surface area contributed by atoms with Crippen molar-refractivity contribution in [1.29, 1.82) is 5.26 Å². The molecular weight excluding hydrogens is 410 g/mol. The fourth-order valence-corrected chi connectivity index (χ4v) is 2.89. The topological polar surface area (TPSA) is 118 Å². The van der Waals surface area contributed by atoms with Gasteiger partial charge in [-0.05, 0) is 30.3 Å². The maximum absolute atomic E-state index is 12.5. The summed E-state index contributed by atoms with van der Waals surface area (Å²) in [5, 5.41) is 23.0. The molecule has 0 aliphatic heterocycles. The Bertz CT molecular complexity index is 1190. The van der Waals surface area contributed by atoms with Crippen molar-refractivity contribution in [2.75, 3.05) is 12.4 Å². The van der Waals surface area contributed by atoms with E-state index in [0.29, 0.717) is 22.8 Å². The molecule has 3 rings (SSSR count). The summed E-state index contributed by atoms with van der Waals surface area (Å²) >= 11 is 6.11. The number of amides is 1. The first kappa shape index (κ1) is 20.6. The predicted molar refractivity (Wildman–Crippen MR) is 111 cm³/mol. The van der Waals surface area contributed by atoms with Gasteiger partial charge in [-0.15, -0.1) is 0 Å². The number of para-hydroxylation sites is 2. The second-order valence-corrected chi connectivity index (χ2v) is 6.35.